The van der Waals surface area contributed by atoms with Gasteiger partial charge >= 0.3 is 6.03 Å². The third-order valence-electron chi connectivity index (χ3n) is 2.46. The van der Waals surface area contributed by atoms with Crippen LogP contribution >= 0.6 is 12.4 Å². The normalized spacial score (nSPS) is 9.71. The van der Waals surface area contributed by atoms with Crippen molar-refractivity contribution in [3.8, 4) is 0 Å². The molecule has 0 saturated carbocycles. The van der Waals surface area contributed by atoms with Gasteiger partial charge < -0.3 is 21.3 Å². The van der Waals surface area contributed by atoms with Gasteiger partial charge in [-0.1, -0.05) is 6.07 Å². The first-order valence-electron chi connectivity index (χ1n) is 6.63. The summed E-state index contributed by atoms with van der Waals surface area (Å²) in [6.07, 6.45) is 0. The van der Waals surface area contributed by atoms with E-state index in [-0.39, 0.29) is 30.4 Å². The lowest BCUT2D eigenvalue weighted by Crippen LogP contribution is -2.34. The number of nitrogens with one attached hydrogen (secondary N) is 4. The van der Waals surface area contributed by atoms with E-state index in [2.05, 4.69) is 21.3 Å². The van der Waals surface area contributed by atoms with Crippen LogP contribution in [0.4, 0.5) is 10.5 Å². The van der Waals surface area contributed by atoms with Crippen molar-refractivity contribution in [2.24, 2.45) is 0 Å². The van der Waals surface area contributed by atoms with Gasteiger partial charge in [-0.25, -0.2) is 4.79 Å². The molecule has 0 aliphatic carbocycles. The van der Waals surface area contributed by atoms with Crippen molar-refractivity contribution in [2.45, 2.75) is 19.9 Å². The highest BCUT2D eigenvalue weighted by Crippen LogP contribution is 2.10. The van der Waals surface area contributed by atoms with Crippen molar-refractivity contribution in [1.82, 2.24) is 16.0 Å². The molecule has 7 heteroatoms. The van der Waals surface area contributed by atoms with Crippen molar-refractivity contribution >= 4 is 30.0 Å². The maximum atomic E-state index is 11.9. The number of carbonyl (C=O) groups is 2. The Morgan fingerprint density at radius 1 is 1.19 bits per heavy atom. The van der Waals surface area contributed by atoms with Crippen molar-refractivity contribution in [2.75, 3.05) is 25.5 Å². The molecule has 6 nitrogen and oxygen atoms in total. The summed E-state index contributed by atoms with van der Waals surface area (Å²) in [6, 6.07) is 6.60. The van der Waals surface area contributed by atoms with Crippen LogP contribution in [0.2, 0.25) is 0 Å². The number of benzene rings is 1. The molecule has 21 heavy (non-hydrogen) atoms. The topological polar surface area (TPSA) is 82.3 Å². The Morgan fingerprint density at radius 2 is 1.90 bits per heavy atom. The summed E-state index contributed by atoms with van der Waals surface area (Å²) in [7, 11) is 1.82. The van der Waals surface area contributed by atoms with Crippen molar-refractivity contribution in [3.63, 3.8) is 0 Å². The fourth-order valence-corrected chi connectivity index (χ4v) is 1.57. The third-order valence-corrected chi connectivity index (χ3v) is 2.46. The molecule has 0 fully saturated rings. The number of likely N-dealkylation sites (N-methyl/N-ethyl adjacent to an activating group) is 1. The van der Waals surface area contributed by atoms with Gasteiger partial charge in [0, 0.05) is 30.4 Å². The Hall–Kier alpha value is -1.79. The van der Waals surface area contributed by atoms with Crippen LogP contribution in [0, 0.1) is 0 Å². The lowest BCUT2D eigenvalue weighted by molar-refractivity contribution is 0.0954. The van der Waals surface area contributed by atoms with E-state index in [4.69, 9.17) is 0 Å². The first kappa shape index (κ1) is 19.2. The van der Waals surface area contributed by atoms with Crippen molar-refractivity contribution < 1.29 is 9.59 Å². The molecule has 0 atom stereocenters. The van der Waals surface area contributed by atoms with Crippen LogP contribution in [0.5, 0.6) is 0 Å². The van der Waals surface area contributed by atoms with E-state index in [9.17, 15) is 9.59 Å². The molecular formula is C14H23ClN4O2. The highest BCUT2D eigenvalue weighted by molar-refractivity contribution is 5.96. The minimum atomic E-state index is -0.284. The average molecular weight is 315 g/mol. The van der Waals surface area contributed by atoms with Crippen molar-refractivity contribution in [3.05, 3.63) is 29.8 Å². The number of hydrogen-bond donors (Lipinski definition) is 4. The summed E-state index contributed by atoms with van der Waals surface area (Å²) in [5, 5.41) is 11.1. The summed E-state index contributed by atoms with van der Waals surface area (Å²) in [5.74, 6) is -0.159. The highest BCUT2D eigenvalue weighted by atomic mass is 35.5. The zero-order valence-corrected chi connectivity index (χ0v) is 13.3. The number of rotatable bonds is 6. The zero-order valence-electron chi connectivity index (χ0n) is 12.5. The molecule has 0 aliphatic heterocycles. The average Bonchev–Trinajstić information content (AvgIpc) is 2.38. The monoisotopic (exact) mass is 314 g/mol. The Bertz CT molecular complexity index is 466. The van der Waals surface area contributed by atoms with E-state index in [1.54, 1.807) is 24.3 Å². The number of hydrogen-bond acceptors (Lipinski definition) is 3. The van der Waals surface area contributed by atoms with Gasteiger partial charge in [-0.05, 0) is 39.1 Å². The van der Waals surface area contributed by atoms with Crippen LogP contribution in [0.25, 0.3) is 0 Å². The number of carbonyl (C=O) groups excluding carboxylic acids is 2. The molecule has 118 valence electrons. The Morgan fingerprint density at radius 3 is 2.52 bits per heavy atom. The van der Waals surface area contributed by atoms with Gasteiger partial charge in [-0.3, -0.25) is 4.79 Å². The molecule has 3 amide bonds. The zero-order chi connectivity index (χ0) is 15.0. The van der Waals surface area contributed by atoms with Gasteiger partial charge in [0.1, 0.15) is 0 Å². The van der Waals surface area contributed by atoms with Crippen molar-refractivity contribution in [1.29, 1.82) is 0 Å². The number of amides is 3. The van der Waals surface area contributed by atoms with Gasteiger partial charge in [0.25, 0.3) is 5.91 Å². The highest BCUT2D eigenvalue weighted by Gasteiger charge is 2.07. The first-order valence-corrected chi connectivity index (χ1v) is 6.63. The maximum Gasteiger partial charge on any atom is 0.319 e. The molecule has 0 unspecified atom stereocenters. The second-order valence-corrected chi connectivity index (χ2v) is 4.69. The molecule has 0 aliphatic rings. The van der Waals surface area contributed by atoms with Gasteiger partial charge in [0.05, 0.1) is 0 Å². The summed E-state index contributed by atoms with van der Waals surface area (Å²) in [4.78, 5) is 23.5. The molecular weight excluding hydrogens is 292 g/mol. The lowest BCUT2D eigenvalue weighted by Gasteiger charge is -2.11. The van der Waals surface area contributed by atoms with Gasteiger partial charge in [-0.2, -0.15) is 0 Å². The van der Waals surface area contributed by atoms with E-state index < -0.39 is 0 Å². The van der Waals surface area contributed by atoms with Crippen LogP contribution in [0.15, 0.2) is 24.3 Å². The summed E-state index contributed by atoms with van der Waals surface area (Å²) >= 11 is 0. The minimum Gasteiger partial charge on any atom is -0.351 e. The van der Waals surface area contributed by atoms with E-state index in [1.165, 1.54) is 0 Å². The second kappa shape index (κ2) is 10.0. The molecule has 0 radical (unpaired) electrons. The van der Waals surface area contributed by atoms with Gasteiger partial charge in [-0.15, -0.1) is 12.4 Å². The molecule has 1 aromatic rings. The second-order valence-electron chi connectivity index (χ2n) is 4.69. The molecule has 0 spiro atoms. The SMILES string of the molecule is CNCCNC(=O)c1cccc(NC(=O)NC(C)C)c1.Cl. The van der Waals surface area contributed by atoms with Crippen LogP contribution in [0.3, 0.4) is 0 Å². The molecule has 1 rings (SSSR count). The van der Waals surface area contributed by atoms with Crippen LogP contribution in [-0.4, -0.2) is 38.1 Å². The summed E-state index contributed by atoms with van der Waals surface area (Å²) in [5.41, 5.74) is 1.10. The van der Waals surface area contributed by atoms with E-state index in [0.717, 1.165) is 0 Å². The fourth-order valence-electron chi connectivity index (χ4n) is 1.57. The Labute approximate surface area is 131 Å². The maximum absolute atomic E-state index is 11.9. The largest absolute Gasteiger partial charge is 0.351 e. The predicted molar refractivity (Wildman–Crippen MR) is 87.2 cm³/mol. The fraction of sp³-hybridized carbons (Fsp3) is 0.429. The van der Waals surface area contributed by atoms with Gasteiger partial charge in [0.15, 0.2) is 0 Å². The smallest absolute Gasteiger partial charge is 0.319 e. The number of urea groups is 1. The number of anilines is 1. The van der Waals surface area contributed by atoms with Crippen LogP contribution < -0.4 is 21.3 Å². The summed E-state index contributed by atoms with van der Waals surface area (Å²) < 4.78 is 0. The number of halogens is 1. The molecule has 0 saturated heterocycles. The van der Waals surface area contributed by atoms with Crippen LogP contribution in [-0.2, 0) is 0 Å². The third kappa shape index (κ3) is 7.53. The molecule has 0 bridgehead atoms. The molecule has 4 N–H and O–H groups in total. The van der Waals surface area contributed by atoms with E-state index in [0.29, 0.717) is 24.3 Å². The lowest BCUT2D eigenvalue weighted by atomic mass is 10.2. The van der Waals surface area contributed by atoms with E-state index in [1.807, 2.05) is 20.9 Å². The van der Waals surface area contributed by atoms with E-state index >= 15 is 0 Å². The molecule has 0 heterocycles. The van der Waals surface area contributed by atoms with Gasteiger partial charge in [0.2, 0.25) is 0 Å². The first-order chi connectivity index (χ1) is 9.52. The van der Waals surface area contributed by atoms with Crippen LogP contribution in [0.1, 0.15) is 24.2 Å². The molecule has 0 aromatic heterocycles. The predicted octanol–water partition coefficient (Wildman–Crippen LogP) is 1.59. The minimum absolute atomic E-state index is 0. The standard InChI is InChI=1S/C14H22N4O2.ClH/c1-10(2)17-14(20)18-12-6-4-5-11(9-12)13(19)16-8-7-15-3;/h4-6,9-10,15H,7-8H2,1-3H3,(H,16,19)(H2,17,18,20);1H. The summed E-state index contributed by atoms with van der Waals surface area (Å²) in [6.45, 7) is 5.03. The Kier molecular flexibility index (Phi) is 9.16. The molecule has 1 aromatic carbocycles. The Balaban J connectivity index is 0.00000400. The quantitative estimate of drug-likeness (QED) is 0.602.